The van der Waals surface area contributed by atoms with Gasteiger partial charge in [-0.3, -0.25) is 4.79 Å². The predicted molar refractivity (Wildman–Crippen MR) is 71.1 cm³/mol. The molecule has 4 nitrogen and oxygen atoms in total. The second-order valence-corrected chi connectivity index (χ2v) is 5.58. The van der Waals surface area contributed by atoms with Crippen molar-refractivity contribution in [2.75, 3.05) is 26.3 Å². The summed E-state index contributed by atoms with van der Waals surface area (Å²) in [6.45, 7) is 0.481. The van der Waals surface area contributed by atoms with Gasteiger partial charge in [0.1, 0.15) is 0 Å². The maximum absolute atomic E-state index is 12.5. The monoisotopic (exact) mass is 321 g/mol. The molecular weight excluding hydrogens is 307 g/mol. The normalized spacial score (nSPS) is 19.6. The number of morpholine rings is 1. The van der Waals surface area contributed by atoms with E-state index >= 15 is 0 Å². The van der Waals surface area contributed by atoms with Crippen LogP contribution in [0.5, 0.6) is 0 Å². The average molecular weight is 321 g/mol. The number of aliphatic hydroxyl groups excluding tert-OH is 1. The number of alkyl halides is 3. The third kappa shape index (κ3) is 4.36. The molecule has 116 valence electrons. The van der Waals surface area contributed by atoms with Crippen molar-refractivity contribution in [1.29, 1.82) is 0 Å². The van der Waals surface area contributed by atoms with Gasteiger partial charge in [0.25, 0.3) is 5.91 Å². The largest absolute Gasteiger partial charge is 0.446 e. The maximum Gasteiger partial charge on any atom is 0.446 e. The second kappa shape index (κ2) is 6.67. The molecule has 1 N–H and O–H groups in total. The molecule has 0 aromatic heterocycles. The summed E-state index contributed by atoms with van der Waals surface area (Å²) < 4.78 is 42.8. The van der Waals surface area contributed by atoms with Crippen LogP contribution < -0.4 is 0 Å². The van der Waals surface area contributed by atoms with Crippen LogP contribution in [0.25, 0.3) is 0 Å². The molecule has 0 aliphatic carbocycles. The van der Waals surface area contributed by atoms with E-state index in [9.17, 15) is 18.0 Å². The van der Waals surface area contributed by atoms with Crippen molar-refractivity contribution in [3.63, 3.8) is 0 Å². The van der Waals surface area contributed by atoms with Crippen LogP contribution in [0.2, 0.25) is 0 Å². The summed E-state index contributed by atoms with van der Waals surface area (Å²) in [7, 11) is 0. The summed E-state index contributed by atoms with van der Waals surface area (Å²) in [6.07, 6.45) is -0.495. The third-order valence-corrected chi connectivity index (χ3v) is 3.78. The predicted octanol–water partition coefficient (Wildman–Crippen LogP) is 2.13. The highest BCUT2D eigenvalue weighted by molar-refractivity contribution is 8.00. The van der Waals surface area contributed by atoms with E-state index in [0.29, 0.717) is 6.54 Å². The van der Waals surface area contributed by atoms with Crippen molar-refractivity contribution >= 4 is 17.7 Å². The molecule has 1 saturated heterocycles. The van der Waals surface area contributed by atoms with E-state index in [1.54, 1.807) is 0 Å². The number of hydrogen-bond acceptors (Lipinski definition) is 4. The Morgan fingerprint density at radius 2 is 2.14 bits per heavy atom. The molecule has 0 radical (unpaired) electrons. The lowest BCUT2D eigenvalue weighted by molar-refractivity contribution is -0.0448. The van der Waals surface area contributed by atoms with Crippen LogP contribution in [-0.2, 0) is 4.74 Å². The van der Waals surface area contributed by atoms with Gasteiger partial charge in [-0.25, -0.2) is 0 Å². The minimum Gasteiger partial charge on any atom is -0.394 e. The zero-order chi connectivity index (χ0) is 15.5. The fourth-order valence-corrected chi connectivity index (χ4v) is 2.70. The summed E-state index contributed by atoms with van der Waals surface area (Å²) in [6, 6.07) is 5.63. The molecule has 2 rings (SSSR count). The molecule has 1 heterocycles. The van der Waals surface area contributed by atoms with Gasteiger partial charge >= 0.3 is 5.51 Å². The zero-order valence-electron chi connectivity index (χ0n) is 11.0. The van der Waals surface area contributed by atoms with Crippen molar-refractivity contribution in [2.45, 2.75) is 16.5 Å². The van der Waals surface area contributed by atoms with Crippen LogP contribution in [0.15, 0.2) is 29.2 Å². The van der Waals surface area contributed by atoms with E-state index in [0.717, 1.165) is 0 Å². The Balaban J connectivity index is 2.19. The van der Waals surface area contributed by atoms with Crippen LogP contribution in [0, 0.1) is 0 Å². The van der Waals surface area contributed by atoms with Gasteiger partial charge in [0.2, 0.25) is 0 Å². The number of hydrogen-bond donors (Lipinski definition) is 1. The van der Waals surface area contributed by atoms with Gasteiger partial charge in [-0.05, 0) is 23.9 Å². The average Bonchev–Trinajstić information content (AvgIpc) is 2.45. The van der Waals surface area contributed by atoms with Crippen molar-refractivity contribution < 1.29 is 27.8 Å². The first-order valence-corrected chi connectivity index (χ1v) is 7.09. The molecule has 0 spiro atoms. The Kier molecular flexibility index (Phi) is 5.13. The Hall–Kier alpha value is -1.25. The highest BCUT2D eigenvalue weighted by atomic mass is 32.2. The fraction of sp³-hybridized carbons (Fsp3) is 0.462. The van der Waals surface area contributed by atoms with Crippen LogP contribution in [0.4, 0.5) is 13.2 Å². The van der Waals surface area contributed by atoms with Crippen molar-refractivity contribution in [3.05, 3.63) is 29.8 Å². The van der Waals surface area contributed by atoms with Crippen LogP contribution in [0.1, 0.15) is 10.4 Å². The molecule has 0 saturated carbocycles. The summed E-state index contributed by atoms with van der Waals surface area (Å²) >= 11 is -0.302. The smallest absolute Gasteiger partial charge is 0.394 e. The van der Waals surface area contributed by atoms with Gasteiger partial charge in [0.05, 0.1) is 24.9 Å². The summed E-state index contributed by atoms with van der Waals surface area (Å²) in [5, 5.41) is 9.05. The molecule has 1 amide bonds. The van der Waals surface area contributed by atoms with Gasteiger partial charge in [0, 0.05) is 18.0 Å². The molecule has 1 aromatic rings. The number of carbonyl (C=O) groups is 1. The summed E-state index contributed by atoms with van der Waals surface area (Å²) in [5.41, 5.74) is -4.44. The number of carbonyl (C=O) groups excluding carboxylic acids is 1. The lowest BCUT2D eigenvalue weighted by Gasteiger charge is -2.32. The Labute approximate surface area is 123 Å². The number of aliphatic hydroxyl groups is 1. The number of rotatable bonds is 3. The number of halogens is 3. The van der Waals surface area contributed by atoms with E-state index in [-0.39, 0.29) is 42.0 Å². The maximum atomic E-state index is 12.5. The number of thioether (sulfide) groups is 1. The Morgan fingerprint density at radius 1 is 1.43 bits per heavy atom. The summed E-state index contributed by atoms with van der Waals surface area (Å²) in [5.74, 6) is -0.482. The van der Waals surface area contributed by atoms with Gasteiger partial charge in [-0.1, -0.05) is 12.1 Å². The Bertz CT molecular complexity index is 510. The van der Waals surface area contributed by atoms with Crippen molar-refractivity contribution in [1.82, 2.24) is 4.90 Å². The SMILES string of the molecule is O=C(c1ccccc1SC(F)(F)F)N1CCOC(CO)C1. The van der Waals surface area contributed by atoms with Crippen LogP contribution in [-0.4, -0.2) is 53.8 Å². The minimum atomic E-state index is -4.45. The highest BCUT2D eigenvalue weighted by Crippen LogP contribution is 2.38. The van der Waals surface area contributed by atoms with Crippen LogP contribution in [0.3, 0.4) is 0 Å². The first-order chi connectivity index (χ1) is 9.90. The molecule has 1 aliphatic rings. The van der Waals surface area contributed by atoms with Gasteiger partial charge in [0.15, 0.2) is 0 Å². The molecule has 1 aromatic carbocycles. The first-order valence-electron chi connectivity index (χ1n) is 6.27. The van der Waals surface area contributed by atoms with Gasteiger partial charge in [-0.15, -0.1) is 0 Å². The third-order valence-electron chi connectivity index (χ3n) is 2.97. The molecule has 0 bridgehead atoms. The lowest BCUT2D eigenvalue weighted by Crippen LogP contribution is -2.47. The molecule has 1 atom stereocenters. The minimum absolute atomic E-state index is 0.0124. The van der Waals surface area contributed by atoms with Crippen molar-refractivity contribution in [2.24, 2.45) is 0 Å². The van der Waals surface area contributed by atoms with E-state index in [1.807, 2.05) is 0 Å². The number of amides is 1. The van der Waals surface area contributed by atoms with E-state index in [4.69, 9.17) is 9.84 Å². The van der Waals surface area contributed by atoms with E-state index in [1.165, 1.54) is 29.2 Å². The van der Waals surface area contributed by atoms with E-state index < -0.39 is 17.5 Å². The number of nitrogens with zero attached hydrogens (tertiary/aromatic N) is 1. The molecule has 8 heteroatoms. The van der Waals surface area contributed by atoms with Crippen molar-refractivity contribution in [3.8, 4) is 0 Å². The Morgan fingerprint density at radius 3 is 2.81 bits per heavy atom. The highest BCUT2D eigenvalue weighted by Gasteiger charge is 2.32. The van der Waals surface area contributed by atoms with Gasteiger partial charge < -0.3 is 14.7 Å². The van der Waals surface area contributed by atoms with E-state index in [2.05, 4.69) is 0 Å². The molecule has 1 fully saturated rings. The fourth-order valence-electron chi connectivity index (χ4n) is 2.04. The topological polar surface area (TPSA) is 49.8 Å². The standard InChI is InChI=1S/C13H14F3NO3S/c14-13(15,16)21-11-4-2-1-3-10(11)12(19)17-5-6-20-9(7-17)8-18/h1-4,9,18H,5-8H2. The number of benzene rings is 1. The second-order valence-electron chi connectivity index (χ2n) is 4.47. The molecule has 1 aliphatic heterocycles. The number of ether oxygens (including phenoxy) is 1. The van der Waals surface area contributed by atoms with Crippen LogP contribution >= 0.6 is 11.8 Å². The summed E-state index contributed by atoms with van der Waals surface area (Å²) in [4.78, 5) is 13.7. The lowest BCUT2D eigenvalue weighted by atomic mass is 10.1. The van der Waals surface area contributed by atoms with Gasteiger partial charge in [-0.2, -0.15) is 13.2 Å². The molecule has 21 heavy (non-hydrogen) atoms. The quantitative estimate of drug-likeness (QED) is 0.867. The molecule has 1 unspecified atom stereocenters. The first kappa shape index (κ1) is 16.1. The zero-order valence-corrected chi connectivity index (χ0v) is 11.8. The molecular formula is C13H14F3NO3S.